The monoisotopic (exact) mass is 274 g/mol. The molecule has 1 aromatic carbocycles. The minimum atomic E-state index is 0.676. The molecule has 0 aliphatic carbocycles. The van der Waals surface area contributed by atoms with Gasteiger partial charge in [0.05, 0.1) is 0 Å². The molecular formula is C14H18N4S. The molecule has 1 heterocycles. The third-order valence-corrected chi connectivity index (χ3v) is 3.83. The van der Waals surface area contributed by atoms with Gasteiger partial charge in [-0.05, 0) is 32.4 Å². The Morgan fingerprint density at radius 3 is 2.95 bits per heavy atom. The summed E-state index contributed by atoms with van der Waals surface area (Å²) in [7, 11) is 0. The van der Waals surface area contributed by atoms with Gasteiger partial charge < -0.3 is 5.32 Å². The molecule has 5 heteroatoms. The van der Waals surface area contributed by atoms with Crippen molar-refractivity contribution in [1.29, 1.82) is 0 Å². The summed E-state index contributed by atoms with van der Waals surface area (Å²) in [6.45, 7) is 6.20. The minimum Gasteiger partial charge on any atom is -0.324 e. The highest BCUT2D eigenvalue weighted by atomic mass is 32.2. The fourth-order valence-corrected chi connectivity index (χ4v) is 2.26. The molecule has 0 spiro atoms. The quantitative estimate of drug-likeness (QED) is 0.641. The maximum Gasteiger partial charge on any atom is 0.223 e. The van der Waals surface area contributed by atoms with Crippen LogP contribution >= 0.6 is 11.8 Å². The molecule has 0 unspecified atom stereocenters. The van der Waals surface area contributed by atoms with Crippen molar-refractivity contribution in [3.63, 3.8) is 0 Å². The van der Waals surface area contributed by atoms with E-state index < -0.39 is 0 Å². The number of thioether (sulfide) groups is 1. The van der Waals surface area contributed by atoms with E-state index in [1.807, 2.05) is 25.1 Å². The fraction of sp³-hybridized carbons (Fsp3) is 0.286. The van der Waals surface area contributed by atoms with Crippen LogP contribution in [0.1, 0.15) is 19.4 Å². The van der Waals surface area contributed by atoms with Crippen molar-refractivity contribution in [1.82, 2.24) is 15.2 Å². The lowest BCUT2D eigenvalue weighted by Gasteiger charge is -2.04. The van der Waals surface area contributed by atoms with Crippen molar-refractivity contribution in [3.05, 3.63) is 41.5 Å². The largest absolute Gasteiger partial charge is 0.324 e. The molecule has 0 fully saturated rings. The number of nitrogens with zero attached hydrogens (tertiary/aromatic N) is 2. The molecule has 0 saturated carbocycles. The second-order valence-electron chi connectivity index (χ2n) is 4.33. The molecule has 2 aromatic rings. The highest BCUT2D eigenvalue weighted by Gasteiger charge is 2.05. The Morgan fingerprint density at radius 1 is 1.42 bits per heavy atom. The average molecular weight is 274 g/mol. The van der Waals surface area contributed by atoms with Crippen molar-refractivity contribution in [2.75, 3.05) is 11.1 Å². The fourth-order valence-electron chi connectivity index (χ4n) is 1.47. The first kappa shape index (κ1) is 13.7. The summed E-state index contributed by atoms with van der Waals surface area (Å²) in [5.74, 6) is 1.59. The lowest BCUT2D eigenvalue weighted by molar-refractivity contribution is 0.974. The number of hydrogen-bond donors (Lipinski definition) is 2. The van der Waals surface area contributed by atoms with Crippen LogP contribution in [0.5, 0.6) is 0 Å². The summed E-state index contributed by atoms with van der Waals surface area (Å²) >= 11 is 1.63. The average Bonchev–Trinajstić information content (AvgIpc) is 2.86. The van der Waals surface area contributed by atoms with Crippen LogP contribution in [-0.2, 0) is 0 Å². The summed E-state index contributed by atoms with van der Waals surface area (Å²) in [5.41, 5.74) is 3.54. The first-order valence-electron chi connectivity index (χ1n) is 6.18. The number of aryl methyl sites for hydroxylation is 1. The van der Waals surface area contributed by atoms with Crippen molar-refractivity contribution >= 4 is 23.4 Å². The molecule has 19 heavy (non-hydrogen) atoms. The zero-order valence-corrected chi connectivity index (χ0v) is 12.2. The van der Waals surface area contributed by atoms with Gasteiger partial charge in [-0.1, -0.05) is 41.6 Å². The van der Waals surface area contributed by atoms with Crippen LogP contribution in [0.4, 0.5) is 11.6 Å². The maximum absolute atomic E-state index is 4.41. The van der Waals surface area contributed by atoms with Gasteiger partial charge in [0.1, 0.15) is 0 Å². The molecule has 0 bridgehead atoms. The van der Waals surface area contributed by atoms with E-state index in [9.17, 15) is 0 Å². The first-order chi connectivity index (χ1) is 9.19. The predicted molar refractivity (Wildman–Crippen MR) is 81.0 cm³/mol. The number of aromatic nitrogens is 3. The Labute approximate surface area is 117 Å². The third-order valence-electron chi connectivity index (χ3n) is 2.78. The number of H-pyrrole nitrogens is 1. The molecule has 0 atom stereocenters. The highest BCUT2D eigenvalue weighted by Crippen LogP contribution is 2.20. The van der Waals surface area contributed by atoms with Crippen LogP contribution in [0.3, 0.4) is 0 Å². The lowest BCUT2D eigenvalue weighted by Crippen LogP contribution is -1.94. The predicted octanol–water partition coefficient (Wildman–Crippen LogP) is 3.92. The third kappa shape index (κ3) is 3.86. The second-order valence-corrected chi connectivity index (χ2v) is 5.27. The molecule has 4 nitrogen and oxygen atoms in total. The number of allylic oxidation sites excluding steroid dienone is 1. The Kier molecular flexibility index (Phi) is 4.63. The molecule has 0 radical (unpaired) electrons. The molecule has 0 amide bonds. The highest BCUT2D eigenvalue weighted by molar-refractivity contribution is 7.99. The van der Waals surface area contributed by atoms with Gasteiger partial charge in [-0.3, -0.25) is 0 Å². The number of benzene rings is 1. The molecule has 0 saturated heterocycles. The number of aromatic amines is 1. The van der Waals surface area contributed by atoms with Gasteiger partial charge in [-0.15, -0.1) is 5.10 Å². The van der Waals surface area contributed by atoms with Gasteiger partial charge in [0, 0.05) is 11.4 Å². The lowest BCUT2D eigenvalue weighted by atomic mass is 10.2. The van der Waals surface area contributed by atoms with E-state index in [0.29, 0.717) is 5.95 Å². The smallest absolute Gasteiger partial charge is 0.223 e. The second kappa shape index (κ2) is 6.43. The molecule has 2 rings (SSSR count). The Morgan fingerprint density at radius 2 is 2.21 bits per heavy atom. The molecule has 1 aromatic heterocycles. The summed E-state index contributed by atoms with van der Waals surface area (Å²) in [6, 6.07) is 8.09. The van der Waals surface area contributed by atoms with Crippen LogP contribution in [0.2, 0.25) is 0 Å². The standard InChI is InChI=1S/C14H18N4S/c1-4-10(2)9-19-14-16-13(17-18-14)15-12-8-6-5-7-11(12)3/h4-8H,9H2,1-3H3,(H2,15,16,17,18). The Hall–Kier alpha value is -1.75. The first-order valence-corrected chi connectivity index (χ1v) is 7.17. The number of rotatable bonds is 5. The summed E-state index contributed by atoms with van der Waals surface area (Å²) in [5, 5.41) is 11.1. The van der Waals surface area contributed by atoms with E-state index in [0.717, 1.165) is 16.6 Å². The minimum absolute atomic E-state index is 0.676. The van der Waals surface area contributed by atoms with Crippen LogP contribution < -0.4 is 5.32 Å². The van der Waals surface area contributed by atoms with E-state index in [2.05, 4.69) is 46.5 Å². The molecule has 2 N–H and O–H groups in total. The number of nitrogens with one attached hydrogen (secondary N) is 2. The normalized spacial score (nSPS) is 11.6. The van der Waals surface area contributed by atoms with Gasteiger partial charge in [-0.25, -0.2) is 5.10 Å². The van der Waals surface area contributed by atoms with Crippen molar-refractivity contribution in [3.8, 4) is 0 Å². The zero-order chi connectivity index (χ0) is 13.7. The van der Waals surface area contributed by atoms with Gasteiger partial charge in [0.25, 0.3) is 0 Å². The molecular weight excluding hydrogens is 256 g/mol. The van der Waals surface area contributed by atoms with Crippen LogP contribution in [0, 0.1) is 6.92 Å². The van der Waals surface area contributed by atoms with E-state index in [4.69, 9.17) is 0 Å². The van der Waals surface area contributed by atoms with E-state index in [1.54, 1.807) is 11.8 Å². The van der Waals surface area contributed by atoms with E-state index in [1.165, 1.54) is 11.1 Å². The van der Waals surface area contributed by atoms with E-state index in [-0.39, 0.29) is 0 Å². The SMILES string of the molecule is CC=C(C)CSc1n[nH]c(Nc2ccccc2C)n1. The molecule has 0 aliphatic heterocycles. The summed E-state index contributed by atoms with van der Waals surface area (Å²) in [6.07, 6.45) is 2.10. The zero-order valence-electron chi connectivity index (χ0n) is 11.4. The van der Waals surface area contributed by atoms with Gasteiger partial charge >= 0.3 is 0 Å². The number of hydrogen-bond acceptors (Lipinski definition) is 4. The summed E-state index contributed by atoms with van der Waals surface area (Å²) in [4.78, 5) is 4.41. The van der Waals surface area contributed by atoms with Crippen molar-refractivity contribution in [2.45, 2.75) is 25.9 Å². The van der Waals surface area contributed by atoms with Crippen LogP contribution in [-0.4, -0.2) is 20.9 Å². The van der Waals surface area contributed by atoms with Crippen molar-refractivity contribution in [2.24, 2.45) is 0 Å². The number of anilines is 2. The van der Waals surface area contributed by atoms with Gasteiger partial charge in [-0.2, -0.15) is 4.98 Å². The van der Waals surface area contributed by atoms with Crippen LogP contribution in [0.25, 0.3) is 0 Å². The summed E-state index contributed by atoms with van der Waals surface area (Å²) < 4.78 is 0. The van der Waals surface area contributed by atoms with Crippen LogP contribution in [0.15, 0.2) is 41.1 Å². The van der Waals surface area contributed by atoms with Crippen molar-refractivity contribution < 1.29 is 0 Å². The topological polar surface area (TPSA) is 53.6 Å². The van der Waals surface area contributed by atoms with Gasteiger partial charge in [0.2, 0.25) is 11.1 Å². The Bertz CT molecular complexity index is 574. The Balaban J connectivity index is 2.00. The van der Waals surface area contributed by atoms with Gasteiger partial charge in [0.15, 0.2) is 0 Å². The number of para-hydroxylation sites is 1. The maximum atomic E-state index is 4.41. The molecule has 0 aliphatic rings. The molecule has 100 valence electrons. The van der Waals surface area contributed by atoms with E-state index >= 15 is 0 Å².